The monoisotopic (exact) mass is 558 g/mol. The van der Waals surface area contributed by atoms with Crippen molar-refractivity contribution in [2.24, 2.45) is 0 Å². The van der Waals surface area contributed by atoms with Crippen LogP contribution in [0, 0.1) is 0 Å². The lowest BCUT2D eigenvalue weighted by Crippen LogP contribution is -2.01. The van der Waals surface area contributed by atoms with Crippen LogP contribution in [0.5, 0.6) is 23.0 Å². The quantitative estimate of drug-likeness (QED) is 0.174. The molecule has 0 saturated heterocycles. The maximum absolute atomic E-state index is 10.8. The number of rotatable bonds is 9. The minimum absolute atomic E-state index is 0.0238. The van der Waals surface area contributed by atoms with Crippen molar-refractivity contribution in [1.29, 1.82) is 0 Å². The van der Waals surface area contributed by atoms with Crippen LogP contribution in [0.4, 0.5) is 0 Å². The van der Waals surface area contributed by atoms with Gasteiger partial charge in [0.15, 0.2) is 36.6 Å². The van der Waals surface area contributed by atoms with Crippen molar-refractivity contribution in [2.45, 2.75) is 0 Å². The topological polar surface area (TPSA) is 77.4 Å². The molecule has 0 spiro atoms. The number of phenols is 2. The van der Waals surface area contributed by atoms with Crippen LogP contribution in [0.2, 0.25) is 0 Å². The van der Waals surface area contributed by atoms with Crippen molar-refractivity contribution >= 4 is 21.5 Å². The summed E-state index contributed by atoms with van der Waals surface area (Å²) in [7, 11) is 3.10. The van der Waals surface area contributed by atoms with Crippen LogP contribution in [0.3, 0.4) is 0 Å². The third-order valence-electron chi connectivity index (χ3n) is 7.29. The first-order valence-electron chi connectivity index (χ1n) is 13.5. The van der Waals surface area contributed by atoms with Crippen molar-refractivity contribution < 1.29 is 29.2 Å². The Balaban J connectivity index is 1.38. The highest BCUT2D eigenvalue weighted by atomic mass is 16.7. The zero-order valence-electron chi connectivity index (χ0n) is 23.3. The first-order chi connectivity index (χ1) is 20.6. The predicted molar refractivity (Wildman–Crippen MR) is 166 cm³/mol. The van der Waals surface area contributed by atoms with Crippen molar-refractivity contribution in [3.05, 3.63) is 109 Å². The Hall–Kier alpha value is -5.04. The molecule has 0 fully saturated rings. The van der Waals surface area contributed by atoms with Gasteiger partial charge in [-0.25, -0.2) is 0 Å². The van der Waals surface area contributed by atoms with Gasteiger partial charge in [-0.15, -0.1) is 0 Å². The molecule has 0 aliphatic heterocycles. The number of hydrogen-bond acceptors (Lipinski definition) is 6. The number of fused-ring (bicyclic) bond motifs is 2. The predicted octanol–water partition coefficient (Wildman–Crippen LogP) is 8.37. The molecular weight excluding hydrogens is 528 g/mol. The van der Waals surface area contributed by atoms with E-state index in [-0.39, 0.29) is 25.1 Å². The summed E-state index contributed by atoms with van der Waals surface area (Å²) in [6.07, 6.45) is 0. The average Bonchev–Trinajstić information content (AvgIpc) is 3.02. The molecule has 0 radical (unpaired) electrons. The van der Waals surface area contributed by atoms with E-state index < -0.39 is 0 Å². The molecule has 6 nitrogen and oxygen atoms in total. The Morgan fingerprint density at radius 2 is 0.833 bits per heavy atom. The van der Waals surface area contributed by atoms with Gasteiger partial charge in [0.2, 0.25) is 0 Å². The first-order valence-corrected chi connectivity index (χ1v) is 13.5. The van der Waals surface area contributed by atoms with Gasteiger partial charge in [-0.05, 0) is 55.9 Å². The van der Waals surface area contributed by atoms with E-state index in [2.05, 4.69) is 24.3 Å². The maximum Gasteiger partial charge on any atom is 0.188 e. The van der Waals surface area contributed by atoms with Crippen LogP contribution in [0.15, 0.2) is 109 Å². The number of hydrogen-bond donors (Lipinski definition) is 2. The van der Waals surface area contributed by atoms with E-state index in [9.17, 15) is 10.2 Å². The molecule has 0 atom stereocenters. The van der Waals surface area contributed by atoms with Crippen LogP contribution in [0.25, 0.3) is 54.9 Å². The van der Waals surface area contributed by atoms with Crippen molar-refractivity contribution in [3.8, 4) is 56.4 Å². The minimum atomic E-state index is 0.0238. The fraction of sp³-hybridized carbons (Fsp3) is 0.111. The Kier molecular flexibility index (Phi) is 7.64. The highest BCUT2D eigenvalue weighted by Crippen LogP contribution is 2.45. The lowest BCUT2D eigenvalue weighted by atomic mass is 9.93. The first kappa shape index (κ1) is 27.1. The number of ether oxygens (including phenoxy) is 4. The van der Waals surface area contributed by atoms with Crippen LogP contribution < -0.4 is 9.47 Å². The number of aromatic hydroxyl groups is 2. The van der Waals surface area contributed by atoms with Crippen LogP contribution in [-0.2, 0) is 9.47 Å². The van der Waals surface area contributed by atoms with Gasteiger partial charge in [-0.2, -0.15) is 0 Å². The number of phenolic OH excluding ortho intramolecular Hbond substituents is 2. The fourth-order valence-corrected chi connectivity index (χ4v) is 5.39. The summed E-state index contributed by atoms with van der Waals surface area (Å²) in [5, 5.41) is 25.3. The molecule has 6 heteroatoms. The molecule has 0 aliphatic rings. The SMILES string of the molecule is COCOc1c(O)cc2ccccc2c1-c1ccc(-c2ccc(-c3c(OCOC)c(O)cc4ccccc34)cc2)cc1. The standard InChI is InChI=1S/C36H30O6/c1-39-21-41-35-31(37)19-27-7-3-5-9-29(27)33(35)25-15-11-23(12-16-25)24-13-17-26(18-14-24)34-30-10-6-4-8-28(30)20-32(38)36(34)42-22-40-2/h3-20,37-38H,21-22H2,1-2H3. The molecule has 0 aliphatic carbocycles. The highest BCUT2D eigenvalue weighted by Gasteiger charge is 2.18. The zero-order valence-corrected chi connectivity index (χ0v) is 23.3. The van der Waals surface area contributed by atoms with Crippen molar-refractivity contribution in [1.82, 2.24) is 0 Å². The van der Waals surface area contributed by atoms with Gasteiger partial charge in [-0.3, -0.25) is 0 Å². The van der Waals surface area contributed by atoms with Crippen LogP contribution >= 0.6 is 0 Å². The Bertz CT molecular complexity index is 1720. The molecule has 42 heavy (non-hydrogen) atoms. The molecule has 0 amide bonds. The summed E-state index contributed by atoms with van der Waals surface area (Å²) in [6, 6.07) is 35.6. The Morgan fingerprint density at radius 1 is 0.476 bits per heavy atom. The minimum Gasteiger partial charge on any atom is -0.504 e. The van der Waals surface area contributed by atoms with Gasteiger partial charge < -0.3 is 29.2 Å². The largest absolute Gasteiger partial charge is 0.504 e. The number of benzene rings is 6. The van der Waals surface area contributed by atoms with Gasteiger partial charge >= 0.3 is 0 Å². The molecule has 0 saturated carbocycles. The zero-order chi connectivity index (χ0) is 29.1. The molecule has 0 heterocycles. The van der Waals surface area contributed by atoms with Gasteiger partial charge in [0, 0.05) is 25.3 Å². The summed E-state index contributed by atoms with van der Waals surface area (Å²) in [4.78, 5) is 0. The Morgan fingerprint density at radius 3 is 1.21 bits per heavy atom. The van der Waals surface area contributed by atoms with Gasteiger partial charge in [0.05, 0.1) is 0 Å². The molecule has 6 aromatic carbocycles. The van der Waals surface area contributed by atoms with E-state index >= 15 is 0 Å². The second-order valence-corrected chi connectivity index (χ2v) is 9.90. The summed E-state index contributed by atoms with van der Waals surface area (Å²) in [5.41, 5.74) is 5.52. The summed E-state index contributed by atoms with van der Waals surface area (Å²) in [6.45, 7) is 0.0477. The molecule has 2 N–H and O–H groups in total. The molecule has 0 aromatic heterocycles. The van der Waals surface area contributed by atoms with E-state index in [0.717, 1.165) is 54.9 Å². The lowest BCUT2D eigenvalue weighted by Gasteiger charge is -2.17. The second-order valence-electron chi connectivity index (χ2n) is 9.90. The Labute approximate surface area is 243 Å². The third-order valence-corrected chi connectivity index (χ3v) is 7.29. The van der Waals surface area contributed by atoms with Gasteiger partial charge in [-0.1, -0.05) is 97.1 Å². The summed E-state index contributed by atoms with van der Waals surface area (Å²) >= 11 is 0. The fourth-order valence-electron chi connectivity index (χ4n) is 5.39. The number of methoxy groups -OCH3 is 2. The second kappa shape index (κ2) is 11.8. The lowest BCUT2D eigenvalue weighted by molar-refractivity contribution is 0.0496. The molecule has 6 rings (SSSR count). The molecule has 0 unspecified atom stereocenters. The van der Waals surface area contributed by atoms with E-state index in [0.29, 0.717) is 11.5 Å². The normalized spacial score (nSPS) is 11.2. The van der Waals surface area contributed by atoms with Crippen LogP contribution in [-0.4, -0.2) is 38.0 Å². The third kappa shape index (κ3) is 5.09. The highest BCUT2D eigenvalue weighted by molar-refractivity contribution is 6.03. The van der Waals surface area contributed by atoms with E-state index in [4.69, 9.17) is 18.9 Å². The average molecular weight is 559 g/mol. The molecular formula is C36H30O6. The molecule has 210 valence electrons. The van der Waals surface area contributed by atoms with E-state index in [1.807, 2.05) is 72.8 Å². The molecule has 0 bridgehead atoms. The summed E-state index contributed by atoms with van der Waals surface area (Å²) in [5.74, 6) is 0.900. The van der Waals surface area contributed by atoms with E-state index in [1.54, 1.807) is 26.4 Å². The van der Waals surface area contributed by atoms with Crippen molar-refractivity contribution in [2.75, 3.05) is 27.8 Å². The molecule has 6 aromatic rings. The van der Waals surface area contributed by atoms with Crippen molar-refractivity contribution in [3.63, 3.8) is 0 Å². The van der Waals surface area contributed by atoms with Gasteiger partial charge in [0.1, 0.15) is 0 Å². The van der Waals surface area contributed by atoms with Gasteiger partial charge in [0.25, 0.3) is 0 Å². The van der Waals surface area contributed by atoms with E-state index in [1.165, 1.54) is 0 Å². The smallest absolute Gasteiger partial charge is 0.188 e. The van der Waals surface area contributed by atoms with Crippen LogP contribution in [0.1, 0.15) is 0 Å². The summed E-state index contributed by atoms with van der Waals surface area (Å²) < 4.78 is 21.9. The maximum atomic E-state index is 10.8.